The summed E-state index contributed by atoms with van der Waals surface area (Å²) in [6, 6.07) is 5.01. The summed E-state index contributed by atoms with van der Waals surface area (Å²) in [5.41, 5.74) is 0. The number of thiophene rings is 1. The summed E-state index contributed by atoms with van der Waals surface area (Å²) in [7, 11) is 0. The van der Waals surface area contributed by atoms with Gasteiger partial charge in [-0.25, -0.2) is 0 Å². The molecule has 2 heterocycles. The van der Waals surface area contributed by atoms with Gasteiger partial charge < -0.3 is 10.1 Å². The average Bonchev–Trinajstić information content (AvgIpc) is 3.05. The first-order chi connectivity index (χ1) is 8.93. The van der Waals surface area contributed by atoms with Crippen molar-refractivity contribution in [3.05, 3.63) is 22.4 Å². The average molecular weight is 266 g/mol. The number of fused-ring (bicyclic) bond motifs is 1. The number of morpholine rings is 1. The van der Waals surface area contributed by atoms with Gasteiger partial charge in [-0.15, -0.1) is 11.3 Å². The highest BCUT2D eigenvalue weighted by Gasteiger charge is 2.35. The highest BCUT2D eigenvalue weighted by atomic mass is 32.1. The van der Waals surface area contributed by atoms with Crippen molar-refractivity contribution in [2.45, 2.75) is 38.0 Å². The van der Waals surface area contributed by atoms with Crippen LogP contribution in [0.15, 0.2) is 17.5 Å². The molecule has 2 unspecified atom stereocenters. The van der Waals surface area contributed by atoms with Crippen molar-refractivity contribution in [1.82, 2.24) is 10.2 Å². The Morgan fingerprint density at radius 3 is 3.33 bits per heavy atom. The van der Waals surface area contributed by atoms with E-state index in [1.54, 1.807) is 0 Å². The van der Waals surface area contributed by atoms with Crippen LogP contribution < -0.4 is 5.32 Å². The van der Waals surface area contributed by atoms with Crippen LogP contribution in [0.2, 0.25) is 0 Å². The second-order valence-electron chi connectivity index (χ2n) is 5.20. The molecule has 1 saturated heterocycles. The lowest BCUT2D eigenvalue weighted by atomic mass is 10.1. The zero-order valence-corrected chi connectivity index (χ0v) is 11.6. The first kappa shape index (κ1) is 12.6. The Morgan fingerprint density at radius 1 is 1.44 bits per heavy atom. The van der Waals surface area contributed by atoms with Gasteiger partial charge in [0.1, 0.15) is 0 Å². The van der Waals surface area contributed by atoms with Gasteiger partial charge in [0.15, 0.2) is 0 Å². The lowest BCUT2D eigenvalue weighted by Gasteiger charge is -2.37. The van der Waals surface area contributed by atoms with Crippen molar-refractivity contribution in [3.8, 4) is 0 Å². The lowest BCUT2D eigenvalue weighted by Crippen LogP contribution is -2.50. The molecule has 2 fully saturated rings. The van der Waals surface area contributed by atoms with E-state index in [-0.39, 0.29) is 0 Å². The quantitative estimate of drug-likeness (QED) is 0.826. The fourth-order valence-corrected chi connectivity index (χ4v) is 3.81. The van der Waals surface area contributed by atoms with Gasteiger partial charge in [-0.2, -0.15) is 0 Å². The van der Waals surface area contributed by atoms with Gasteiger partial charge >= 0.3 is 0 Å². The topological polar surface area (TPSA) is 24.5 Å². The standard InChI is InChI=1S/C14H22N2OS/c1-4-13-14(5-1)17-9-8-16(13)7-6-15-11-12-3-2-10-18-12/h2-3,10,13-15H,1,4-9,11H2. The molecule has 1 saturated carbocycles. The SMILES string of the molecule is c1csc(CNCCN2CCOC3CCCC32)c1. The Hall–Kier alpha value is -0.420. The molecule has 2 atom stereocenters. The molecule has 3 rings (SSSR count). The van der Waals surface area contributed by atoms with E-state index < -0.39 is 0 Å². The van der Waals surface area contributed by atoms with Gasteiger partial charge in [-0.05, 0) is 30.7 Å². The number of nitrogens with one attached hydrogen (secondary N) is 1. The highest BCUT2D eigenvalue weighted by Crippen LogP contribution is 2.29. The van der Waals surface area contributed by atoms with E-state index >= 15 is 0 Å². The molecule has 0 radical (unpaired) electrons. The Kier molecular flexibility index (Phi) is 4.31. The second kappa shape index (κ2) is 6.15. The monoisotopic (exact) mass is 266 g/mol. The summed E-state index contributed by atoms with van der Waals surface area (Å²) < 4.78 is 5.84. The fraction of sp³-hybridized carbons (Fsp3) is 0.714. The van der Waals surface area contributed by atoms with Crippen molar-refractivity contribution >= 4 is 11.3 Å². The molecule has 1 N–H and O–H groups in total. The van der Waals surface area contributed by atoms with Crippen molar-refractivity contribution in [3.63, 3.8) is 0 Å². The molecule has 1 aliphatic carbocycles. The van der Waals surface area contributed by atoms with E-state index in [4.69, 9.17) is 4.74 Å². The van der Waals surface area contributed by atoms with Gasteiger partial charge in [-0.1, -0.05) is 6.07 Å². The zero-order valence-electron chi connectivity index (χ0n) is 10.8. The highest BCUT2D eigenvalue weighted by molar-refractivity contribution is 7.09. The summed E-state index contributed by atoms with van der Waals surface area (Å²) >= 11 is 1.83. The van der Waals surface area contributed by atoms with Gasteiger partial charge in [0.2, 0.25) is 0 Å². The van der Waals surface area contributed by atoms with Gasteiger partial charge in [-0.3, -0.25) is 4.90 Å². The Balaban J connectivity index is 1.39. The molecule has 4 heteroatoms. The normalized spacial score (nSPS) is 28.4. The Morgan fingerprint density at radius 2 is 2.44 bits per heavy atom. The number of ether oxygens (including phenoxy) is 1. The molecular formula is C14H22N2OS. The third kappa shape index (κ3) is 2.94. The summed E-state index contributed by atoms with van der Waals surface area (Å²) in [6.45, 7) is 5.29. The van der Waals surface area contributed by atoms with Crippen molar-refractivity contribution in [2.24, 2.45) is 0 Å². The van der Waals surface area contributed by atoms with Crippen LogP contribution in [0.4, 0.5) is 0 Å². The molecule has 18 heavy (non-hydrogen) atoms. The number of hydrogen-bond donors (Lipinski definition) is 1. The molecule has 0 spiro atoms. The third-order valence-corrected chi connectivity index (χ3v) is 4.93. The minimum absolute atomic E-state index is 0.524. The molecule has 1 aromatic heterocycles. The zero-order chi connectivity index (χ0) is 12.2. The summed E-state index contributed by atoms with van der Waals surface area (Å²) in [4.78, 5) is 4.05. The molecule has 2 aliphatic rings. The maximum Gasteiger partial charge on any atom is 0.0730 e. The van der Waals surface area contributed by atoms with E-state index in [0.717, 1.165) is 32.8 Å². The first-order valence-electron chi connectivity index (χ1n) is 7.02. The van der Waals surface area contributed by atoms with Crippen molar-refractivity contribution in [1.29, 1.82) is 0 Å². The minimum atomic E-state index is 0.524. The van der Waals surface area contributed by atoms with E-state index in [1.807, 2.05) is 11.3 Å². The van der Waals surface area contributed by atoms with Crippen LogP contribution in [0.3, 0.4) is 0 Å². The van der Waals surface area contributed by atoms with E-state index in [9.17, 15) is 0 Å². The lowest BCUT2D eigenvalue weighted by molar-refractivity contribution is -0.0548. The van der Waals surface area contributed by atoms with Crippen molar-refractivity contribution < 1.29 is 4.74 Å². The van der Waals surface area contributed by atoms with Gasteiger partial charge in [0, 0.05) is 37.1 Å². The smallest absolute Gasteiger partial charge is 0.0730 e. The Labute approximate surface area is 113 Å². The second-order valence-corrected chi connectivity index (χ2v) is 6.23. The van der Waals surface area contributed by atoms with Gasteiger partial charge in [0.05, 0.1) is 12.7 Å². The molecule has 1 aliphatic heterocycles. The minimum Gasteiger partial charge on any atom is -0.375 e. The summed E-state index contributed by atoms with van der Waals surface area (Å²) in [6.07, 6.45) is 4.46. The number of nitrogens with zero attached hydrogens (tertiary/aromatic N) is 1. The van der Waals surface area contributed by atoms with E-state index in [0.29, 0.717) is 12.1 Å². The molecule has 100 valence electrons. The fourth-order valence-electron chi connectivity index (χ4n) is 3.13. The number of hydrogen-bond acceptors (Lipinski definition) is 4. The van der Waals surface area contributed by atoms with Crippen LogP contribution in [0.1, 0.15) is 24.1 Å². The van der Waals surface area contributed by atoms with Crippen LogP contribution in [0.25, 0.3) is 0 Å². The summed E-state index contributed by atoms with van der Waals surface area (Å²) in [5, 5.41) is 5.68. The van der Waals surface area contributed by atoms with Crippen molar-refractivity contribution in [2.75, 3.05) is 26.2 Å². The summed E-state index contributed by atoms with van der Waals surface area (Å²) in [5.74, 6) is 0. The largest absolute Gasteiger partial charge is 0.375 e. The molecule has 0 amide bonds. The van der Waals surface area contributed by atoms with E-state index in [1.165, 1.54) is 24.1 Å². The van der Waals surface area contributed by atoms with Crippen LogP contribution in [-0.4, -0.2) is 43.3 Å². The van der Waals surface area contributed by atoms with Crippen LogP contribution in [0.5, 0.6) is 0 Å². The number of rotatable bonds is 5. The van der Waals surface area contributed by atoms with Crippen LogP contribution >= 0.6 is 11.3 Å². The third-order valence-electron chi connectivity index (χ3n) is 4.05. The maximum atomic E-state index is 5.84. The van der Waals surface area contributed by atoms with Crippen LogP contribution in [0, 0.1) is 0 Å². The molecule has 0 aromatic carbocycles. The molecular weight excluding hydrogens is 244 g/mol. The molecule has 1 aromatic rings. The molecule has 3 nitrogen and oxygen atoms in total. The molecule has 0 bridgehead atoms. The first-order valence-corrected chi connectivity index (χ1v) is 7.90. The predicted octanol–water partition coefficient (Wildman–Crippen LogP) is 2.09. The van der Waals surface area contributed by atoms with E-state index in [2.05, 4.69) is 27.7 Å². The predicted molar refractivity (Wildman–Crippen MR) is 75.0 cm³/mol. The van der Waals surface area contributed by atoms with Gasteiger partial charge in [0.25, 0.3) is 0 Å². The maximum absolute atomic E-state index is 5.84. The van der Waals surface area contributed by atoms with Crippen LogP contribution in [-0.2, 0) is 11.3 Å². The Bertz CT molecular complexity index is 355.